The van der Waals surface area contributed by atoms with E-state index in [-0.39, 0.29) is 5.56 Å². The Hall–Kier alpha value is -2.17. The highest BCUT2D eigenvalue weighted by molar-refractivity contribution is 5.96. The van der Waals surface area contributed by atoms with Gasteiger partial charge in [-0.25, -0.2) is 0 Å². The highest BCUT2D eigenvalue weighted by atomic mass is 16.5. The molecule has 1 aromatic carbocycles. The van der Waals surface area contributed by atoms with Gasteiger partial charge in [-0.15, -0.1) is 0 Å². The zero-order valence-corrected chi connectivity index (χ0v) is 12.3. The molecule has 3 N–H and O–H groups in total. The summed E-state index contributed by atoms with van der Waals surface area (Å²) in [5.74, 6) is 0.432. The molecule has 0 aliphatic carbocycles. The highest BCUT2D eigenvalue weighted by Gasteiger charge is 2.19. The average Bonchev–Trinajstić information content (AvgIpc) is 2.73. The van der Waals surface area contributed by atoms with Crippen molar-refractivity contribution in [1.82, 2.24) is 4.57 Å². The van der Waals surface area contributed by atoms with Crippen molar-refractivity contribution >= 4 is 22.3 Å². The Labute approximate surface area is 123 Å². The van der Waals surface area contributed by atoms with E-state index in [4.69, 9.17) is 10.5 Å². The fourth-order valence-electron chi connectivity index (χ4n) is 2.76. The van der Waals surface area contributed by atoms with E-state index in [2.05, 4.69) is 12.2 Å². The SMILES string of the molecule is CCCCn1c(=O)c2c(c3cc(N)ccc31)NCCCO2. The zero-order valence-electron chi connectivity index (χ0n) is 12.3. The topological polar surface area (TPSA) is 69.3 Å². The number of benzene rings is 1. The van der Waals surface area contributed by atoms with E-state index in [9.17, 15) is 4.79 Å². The smallest absolute Gasteiger partial charge is 0.295 e. The minimum atomic E-state index is -0.0508. The van der Waals surface area contributed by atoms with Crippen LogP contribution in [0.5, 0.6) is 5.75 Å². The molecule has 0 bridgehead atoms. The van der Waals surface area contributed by atoms with Gasteiger partial charge in [0.15, 0.2) is 0 Å². The van der Waals surface area contributed by atoms with Gasteiger partial charge in [0.05, 0.1) is 17.8 Å². The molecule has 1 aliphatic rings. The van der Waals surface area contributed by atoms with Gasteiger partial charge in [0.1, 0.15) is 0 Å². The number of rotatable bonds is 3. The highest BCUT2D eigenvalue weighted by Crippen LogP contribution is 2.33. The number of fused-ring (bicyclic) bond motifs is 3. The molecule has 0 saturated carbocycles. The van der Waals surface area contributed by atoms with Gasteiger partial charge in [-0.3, -0.25) is 4.79 Å². The molecule has 0 saturated heterocycles. The molecule has 1 aromatic heterocycles. The summed E-state index contributed by atoms with van der Waals surface area (Å²) in [4.78, 5) is 12.7. The van der Waals surface area contributed by atoms with Crippen molar-refractivity contribution in [2.45, 2.75) is 32.7 Å². The molecule has 5 heteroatoms. The molecule has 112 valence electrons. The molecule has 21 heavy (non-hydrogen) atoms. The molecule has 0 atom stereocenters. The number of ether oxygens (including phenoxy) is 1. The zero-order chi connectivity index (χ0) is 14.8. The van der Waals surface area contributed by atoms with Crippen molar-refractivity contribution < 1.29 is 4.74 Å². The van der Waals surface area contributed by atoms with E-state index in [0.717, 1.165) is 42.4 Å². The van der Waals surface area contributed by atoms with Crippen molar-refractivity contribution in [3.63, 3.8) is 0 Å². The van der Waals surface area contributed by atoms with E-state index >= 15 is 0 Å². The predicted molar refractivity (Wildman–Crippen MR) is 86.1 cm³/mol. The third-order valence-electron chi connectivity index (χ3n) is 3.85. The Bertz CT molecular complexity index is 722. The molecule has 0 unspecified atom stereocenters. The summed E-state index contributed by atoms with van der Waals surface area (Å²) in [5, 5.41) is 4.29. The Kier molecular flexibility index (Phi) is 3.73. The van der Waals surface area contributed by atoms with Crippen molar-refractivity contribution in [3.05, 3.63) is 28.6 Å². The first-order valence-electron chi connectivity index (χ1n) is 7.55. The maximum absolute atomic E-state index is 12.7. The fraction of sp³-hybridized carbons (Fsp3) is 0.438. The minimum absolute atomic E-state index is 0.0508. The van der Waals surface area contributed by atoms with Gasteiger partial charge in [0, 0.05) is 24.2 Å². The summed E-state index contributed by atoms with van der Waals surface area (Å²) in [6.07, 6.45) is 2.89. The molecule has 1 aliphatic heterocycles. The van der Waals surface area contributed by atoms with Crippen LogP contribution >= 0.6 is 0 Å². The van der Waals surface area contributed by atoms with Crippen LogP contribution in [0.3, 0.4) is 0 Å². The number of nitrogens with two attached hydrogens (primary N) is 1. The van der Waals surface area contributed by atoms with Crippen LogP contribution in [0.4, 0.5) is 11.4 Å². The number of aryl methyl sites for hydroxylation is 1. The molecule has 0 amide bonds. The van der Waals surface area contributed by atoms with Crippen LogP contribution in [0, 0.1) is 0 Å². The Morgan fingerprint density at radius 1 is 1.43 bits per heavy atom. The Balaban J connectivity index is 2.30. The van der Waals surface area contributed by atoms with Gasteiger partial charge >= 0.3 is 0 Å². The van der Waals surface area contributed by atoms with E-state index in [1.165, 1.54) is 0 Å². The van der Waals surface area contributed by atoms with E-state index in [0.29, 0.717) is 24.6 Å². The molecular weight excluding hydrogens is 266 g/mol. The number of nitrogens with one attached hydrogen (secondary N) is 1. The Morgan fingerprint density at radius 2 is 2.29 bits per heavy atom. The number of hydrogen-bond donors (Lipinski definition) is 2. The number of unbranched alkanes of at least 4 members (excludes halogenated alkanes) is 1. The first kappa shape index (κ1) is 13.8. The fourth-order valence-corrected chi connectivity index (χ4v) is 2.76. The number of pyridine rings is 1. The normalized spacial score (nSPS) is 14.1. The molecule has 0 fully saturated rings. The summed E-state index contributed by atoms with van der Waals surface area (Å²) < 4.78 is 7.52. The number of anilines is 2. The first-order valence-corrected chi connectivity index (χ1v) is 7.55. The standard InChI is InChI=1S/C16H21N3O2/c1-2-3-8-19-13-6-5-11(17)10-12(13)14-15(16(19)20)21-9-4-7-18-14/h5-6,10,18H,2-4,7-9,17H2,1H3. The predicted octanol–water partition coefficient (Wildman–Crippen LogP) is 2.58. The van der Waals surface area contributed by atoms with Gasteiger partial charge in [-0.1, -0.05) is 13.3 Å². The molecule has 2 aromatic rings. The lowest BCUT2D eigenvalue weighted by Crippen LogP contribution is -2.23. The monoisotopic (exact) mass is 287 g/mol. The van der Waals surface area contributed by atoms with Crippen LogP contribution in [0.2, 0.25) is 0 Å². The van der Waals surface area contributed by atoms with Gasteiger partial charge in [0.25, 0.3) is 5.56 Å². The van der Waals surface area contributed by atoms with Gasteiger partial charge in [-0.2, -0.15) is 0 Å². The lowest BCUT2D eigenvalue weighted by Gasteiger charge is -2.17. The Morgan fingerprint density at radius 3 is 3.10 bits per heavy atom. The third-order valence-corrected chi connectivity index (χ3v) is 3.85. The lowest BCUT2D eigenvalue weighted by atomic mass is 10.1. The molecule has 0 spiro atoms. The molecule has 0 radical (unpaired) electrons. The van der Waals surface area contributed by atoms with Crippen LogP contribution in [-0.2, 0) is 6.54 Å². The van der Waals surface area contributed by atoms with Crippen LogP contribution in [-0.4, -0.2) is 17.7 Å². The number of aromatic nitrogens is 1. The van der Waals surface area contributed by atoms with Crippen LogP contribution < -0.4 is 21.3 Å². The van der Waals surface area contributed by atoms with Crippen molar-refractivity contribution in [2.75, 3.05) is 24.2 Å². The number of nitrogens with zero attached hydrogens (tertiary/aromatic N) is 1. The lowest BCUT2D eigenvalue weighted by molar-refractivity contribution is 0.316. The van der Waals surface area contributed by atoms with E-state index in [1.54, 1.807) is 0 Å². The second kappa shape index (κ2) is 5.68. The second-order valence-electron chi connectivity index (χ2n) is 5.42. The van der Waals surface area contributed by atoms with Gasteiger partial charge in [0.2, 0.25) is 5.75 Å². The van der Waals surface area contributed by atoms with Crippen molar-refractivity contribution in [1.29, 1.82) is 0 Å². The maximum Gasteiger partial charge on any atom is 0.295 e. The van der Waals surface area contributed by atoms with Gasteiger partial charge in [-0.05, 0) is 31.0 Å². The average molecular weight is 287 g/mol. The summed E-state index contributed by atoms with van der Waals surface area (Å²) in [7, 11) is 0. The molecule has 5 nitrogen and oxygen atoms in total. The summed E-state index contributed by atoms with van der Waals surface area (Å²) in [6, 6.07) is 5.68. The van der Waals surface area contributed by atoms with E-state index in [1.807, 2.05) is 22.8 Å². The number of hydrogen-bond acceptors (Lipinski definition) is 4. The summed E-state index contributed by atoms with van der Waals surface area (Å²) >= 11 is 0. The molecule has 2 heterocycles. The third kappa shape index (κ3) is 2.44. The largest absolute Gasteiger partial charge is 0.486 e. The summed E-state index contributed by atoms with van der Waals surface area (Å²) in [6.45, 7) is 4.19. The van der Waals surface area contributed by atoms with Crippen molar-refractivity contribution in [2.24, 2.45) is 0 Å². The molecule has 3 rings (SSSR count). The molecular formula is C16H21N3O2. The van der Waals surface area contributed by atoms with Crippen LogP contribution in [0.1, 0.15) is 26.2 Å². The van der Waals surface area contributed by atoms with Gasteiger partial charge < -0.3 is 20.4 Å². The summed E-state index contributed by atoms with van der Waals surface area (Å²) in [5.41, 5.74) is 8.27. The van der Waals surface area contributed by atoms with Crippen LogP contribution in [0.25, 0.3) is 10.9 Å². The first-order chi connectivity index (χ1) is 10.2. The second-order valence-corrected chi connectivity index (χ2v) is 5.42. The quantitative estimate of drug-likeness (QED) is 0.851. The number of nitrogen functional groups attached to an aromatic ring is 1. The van der Waals surface area contributed by atoms with E-state index < -0.39 is 0 Å². The van der Waals surface area contributed by atoms with Crippen molar-refractivity contribution in [3.8, 4) is 5.75 Å². The minimum Gasteiger partial charge on any atom is -0.486 e. The maximum atomic E-state index is 12.7. The van der Waals surface area contributed by atoms with Crippen LogP contribution in [0.15, 0.2) is 23.0 Å².